The maximum absolute atomic E-state index is 5.16. The Labute approximate surface area is 349 Å². The van der Waals surface area contributed by atoms with Gasteiger partial charge in [-0.05, 0) is 154 Å². The minimum absolute atomic E-state index is 0.0991. The topological polar surface area (TPSA) is 17.8 Å². The molecular weight excluding hydrogens is 725 g/mol. The van der Waals surface area contributed by atoms with Crippen LogP contribution in [0.3, 0.4) is 0 Å². The molecule has 0 fully saturated rings. The summed E-state index contributed by atoms with van der Waals surface area (Å²) in [4.78, 5) is 5.16. The lowest BCUT2D eigenvalue weighted by molar-refractivity contribution is 0.652. The van der Waals surface area contributed by atoms with Crippen molar-refractivity contribution in [1.82, 2.24) is 9.55 Å². The lowest BCUT2D eigenvalue weighted by atomic mass is 9.79. The molecule has 2 aliphatic carbocycles. The van der Waals surface area contributed by atoms with Gasteiger partial charge in [0, 0.05) is 22.1 Å². The minimum Gasteiger partial charge on any atom is -0.292 e. The lowest BCUT2D eigenvalue weighted by Crippen LogP contribution is -2.17. The Hall–Kier alpha value is -7.03. The van der Waals surface area contributed by atoms with Gasteiger partial charge in [-0.1, -0.05) is 149 Å². The van der Waals surface area contributed by atoms with E-state index in [0.717, 1.165) is 28.1 Å². The van der Waals surface area contributed by atoms with Crippen LogP contribution in [-0.2, 0) is 10.8 Å². The van der Waals surface area contributed by atoms with Gasteiger partial charge in [0.05, 0.1) is 11.0 Å². The zero-order valence-corrected chi connectivity index (χ0v) is 34.5. The van der Waals surface area contributed by atoms with E-state index < -0.39 is 0 Å². The van der Waals surface area contributed by atoms with Crippen molar-refractivity contribution in [3.8, 4) is 50.5 Å². The molecule has 2 nitrogen and oxygen atoms in total. The van der Waals surface area contributed by atoms with Crippen molar-refractivity contribution in [2.45, 2.75) is 45.4 Å². The molecule has 1 heterocycles. The van der Waals surface area contributed by atoms with Gasteiger partial charge in [-0.25, -0.2) is 4.98 Å². The van der Waals surface area contributed by atoms with Gasteiger partial charge in [0.2, 0.25) is 0 Å². The van der Waals surface area contributed by atoms with Crippen LogP contribution >= 0.6 is 0 Å². The summed E-state index contributed by atoms with van der Waals surface area (Å²) < 4.78 is 2.29. The van der Waals surface area contributed by atoms with Crippen molar-refractivity contribution < 1.29 is 0 Å². The molecule has 60 heavy (non-hydrogen) atoms. The molecule has 1 aromatic heterocycles. The number of hydrogen-bond acceptors (Lipinski definition) is 1. The molecule has 0 radical (unpaired) electrons. The third kappa shape index (κ3) is 4.35. The summed E-state index contributed by atoms with van der Waals surface area (Å²) in [7, 11) is 0. The van der Waals surface area contributed by atoms with Gasteiger partial charge in [-0.2, -0.15) is 0 Å². The molecule has 0 bridgehead atoms. The zero-order valence-electron chi connectivity index (χ0n) is 34.5. The molecule has 13 rings (SSSR count). The van der Waals surface area contributed by atoms with Crippen LogP contribution in [-0.4, -0.2) is 9.55 Å². The van der Waals surface area contributed by atoms with Gasteiger partial charge in [0.25, 0.3) is 0 Å². The lowest BCUT2D eigenvalue weighted by Gasteiger charge is -2.24. The average Bonchev–Trinajstić information content (AvgIpc) is 3.84. The summed E-state index contributed by atoms with van der Waals surface area (Å²) in [6.45, 7) is 11.8. The van der Waals surface area contributed by atoms with Gasteiger partial charge in [-0.3, -0.25) is 4.57 Å². The molecule has 10 aromatic carbocycles. The molecule has 11 aromatic rings. The van der Waals surface area contributed by atoms with E-state index in [9.17, 15) is 0 Å². The third-order valence-corrected chi connectivity index (χ3v) is 14.4. The standard InChI is InChI=1S/C58H42N2/c1-33-11-10-13-39(29-33)60-51-16-9-8-15-50(51)59-56(60)37-19-17-35(18-20-37)40-25-21-36-22-27-43-53-38(23-26-42(40)52(36)53)30-49-55(43)45-32-47-44(31-48(45)58(49,4)5)54-41-14-7-6-12-34(41)24-28-46(54)57(47,2)3/h6-32H,1-5H3. The van der Waals surface area contributed by atoms with Crippen LogP contribution in [0.2, 0.25) is 0 Å². The van der Waals surface area contributed by atoms with E-state index in [1.54, 1.807) is 0 Å². The molecule has 284 valence electrons. The second-order valence-electron chi connectivity index (χ2n) is 18.4. The van der Waals surface area contributed by atoms with Crippen LogP contribution < -0.4 is 0 Å². The fraction of sp³-hybridized carbons (Fsp3) is 0.121. The van der Waals surface area contributed by atoms with Crippen LogP contribution in [0.4, 0.5) is 0 Å². The average molecular weight is 767 g/mol. The van der Waals surface area contributed by atoms with Gasteiger partial charge in [0.1, 0.15) is 5.82 Å². The fourth-order valence-corrected chi connectivity index (χ4v) is 11.4. The van der Waals surface area contributed by atoms with E-state index in [4.69, 9.17) is 4.98 Å². The molecule has 2 aliphatic rings. The van der Waals surface area contributed by atoms with Crippen molar-refractivity contribution in [2.75, 3.05) is 0 Å². The van der Waals surface area contributed by atoms with Crippen molar-refractivity contribution in [1.29, 1.82) is 0 Å². The molecule has 0 atom stereocenters. The van der Waals surface area contributed by atoms with E-state index in [-0.39, 0.29) is 10.8 Å². The Balaban J connectivity index is 0.979. The van der Waals surface area contributed by atoms with Crippen LogP contribution in [0.1, 0.15) is 55.5 Å². The van der Waals surface area contributed by atoms with Crippen LogP contribution in [0.25, 0.3) is 105 Å². The van der Waals surface area contributed by atoms with Crippen LogP contribution in [0, 0.1) is 6.92 Å². The largest absolute Gasteiger partial charge is 0.292 e. The minimum atomic E-state index is -0.144. The number of para-hydroxylation sites is 2. The first-order chi connectivity index (χ1) is 29.2. The molecule has 2 heteroatoms. The molecule has 0 spiro atoms. The Morgan fingerprint density at radius 1 is 0.433 bits per heavy atom. The van der Waals surface area contributed by atoms with E-state index in [2.05, 4.69) is 203 Å². The summed E-state index contributed by atoms with van der Waals surface area (Å²) in [5.74, 6) is 0.951. The Morgan fingerprint density at radius 2 is 1.08 bits per heavy atom. The van der Waals surface area contributed by atoms with Crippen molar-refractivity contribution in [3.05, 3.63) is 192 Å². The number of rotatable bonds is 3. The number of aryl methyl sites for hydroxylation is 1. The van der Waals surface area contributed by atoms with E-state index in [1.165, 1.54) is 104 Å². The van der Waals surface area contributed by atoms with Gasteiger partial charge in [-0.15, -0.1) is 0 Å². The Morgan fingerprint density at radius 3 is 1.90 bits per heavy atom. The summed E-state index contributed by atoms with van der Waals surface area (Å²) in [6.07, 6.45) is 0. The monoisotopic (exact) mass is 766 g/mol. The zero-order chi connectivity index (χ0) is 40.2. The van der Waals surface area contributed by atoms with Crippen molar-refractivity contribution >= 4 is 54.1 Å². The SMILES string of the molecule is Cc1cccc(-n2c(-c3ccc(-c4ccc5ccc6c7c(cc8ccc4c5c86)C(C)(C)c4cc5c(cc4-7)C(C)(C)c4ccc6ccccc6c4-5)cc3)nc3ccccc32)c1. The first-order valence-electron chi connectivity index (χ1n) is 21.3. The maximum Gasteiger partial charge on any atom is 0.145 e. The first kappa shape index (κ1) is 33.9. The molecule has 0 unspecified atom stereocenters. The van der Waals surface area contributed by atoms with Gasteiger partial charge < -0.3 is 0 Å². The summed E-state index contributed by atoms with van der Waals surface area (Å²) in [5, 5.41) is 10.6. The third-order valence-electron chi connectivity index (χ3n) is 14.4. The normalized spacial score (nSPS) is 14.7. The number of fused-ring (bicyclic) bond motifs is 10. The number of hydrogen-bond donors (Lipinski definition) is 0. The predicted molar refractivity (Wildman–Crippen MR) is 253 cm³/mol. The highest BCUT2D eigenvalue weighted by atomic mass is 15.1. The molecular formula is C58H42N2. The number of aromatic nitrogens is 2. The fourth-order valence-electron chi connectivity index (χ4n) is 11.4. The second-order valence-corrected chi connectivity index (χ2v) is 18.4. The quantitative estimate of drug-likeness (QED) is 0.164. The van der Waals surface area contributed by atoms with E-state index >= 15 is 0 Å². The summed E-state index contributed by atoms with van der Waals surface area (Å²) in [6, 6.07) is 61.5. The molecule has 0 saturated carbocycles. The Kier molecular flexibility index (Phi) is 6.54. The van der Waals surface area contributed by atoms with Crippen LogP contribution in [0.15, 0.2) is 164 Å². The molecule has 0 N–H and O–H groups in total. The highest BCUT2D eigenvalue weighted by molar-refractivity contribution is 6.28. The van der Waals surface area contributed by atoms with E-state index in [1.807, 2.05) is 0 Å². The van der Waals surface area contributed by atoms with Gasteiger partial charge >= 0.3 is 0 Å². The Bertz CT molecular complexity index is 3650. The summed E-state index contributed by atoms with van der Waals surface area (Å²) in [5.41, 5.74) is 19.1. The number of imidazole rings is 1. The molecule has 0 aliphatic heterocycles. The highest BCUT2D eigenvalue weighted by Gasteiger charge is 2.43. The van der Waals surface area contributed by atoms with Crippen molar-refractivity contribution in [3.63, 3.8) is 0 Å². The number of benzene rings is 10. The second kappa shape index (κ2) is 11.6. The van der Waals surface area contributed by atoms with Crippen molar-refractivity contribution in [2.24, 2.45) is 0 Å². The predicted octanol–water partition coefficient (Wildman–Crippen LogP) is 15.3. The number of nitrogens with zero attached hydrogens (tertiary/aromatic N) is 2. The van der Waals surface area contributed by atoms with Crippen LogP contribution in [0.5, 0.6) is 0 Å². The highest BCUT2D eigenvalue weighted by Crippen LogP contribution is 2.59. The first-order valence-corrected chi connectivity index (χ1v) is 21.3. The maximum atomic E-state index is 5.16. The smallest absolute Gasteiger partial charge is 0.145 e. The molecule has 0 saturated heterocycles. The molecule has 0 amide bonds. The van der Waals surface area contributed by atoms with E-state index in [0.29, 0.717) is 0 Å². The van der Waals surface area contributed by atoms with Gasteiger partial charge in [0.15, 0.2) is 0 Å². The summed E-state index contributed by atoms with van der Waals surface area (Å²) >= 11 is 0.